The summed E-state index contributed by atoms with van der Waals surface area (Å²) >= 11 is 0. The molecule has 1 heterocycles. The van der Waals surface area contributed by atoms with Crippen LogP contribution in [0.1, 0.15) is 51.4 Å². The first-order valence-electron chi connectivity index (χ1n) is 8.60. The molecule has 5 rings (SSSR count). The Morgan fingerprint density at radius 3 is 2.05 bits per heavy atom. The Balaban J connectivity index is 1.30. The monoisotopic (exact) mass is 263 g/mol. The van der Waals surface area contributed by atoms with E-state index in [2.05, 4.69) is 5.32 Å². The van der Waals surface area contributed by atoms with Crippen molar-refractivity contribution in [2.45, 2.75) is 51.4 Å². The molecule has 0 atom stereocenters. The molecule has 0 spiro atoms. The van der Waals surface area contributed by atoms with E-state index >= 15 is 0 Å². The van der Waals surface area contributed by atoms with Crippen LogP contribution in [0, 0.1) is 29.1 Å². The van der Waals surface area contributed by atoms with Crippen molar-refractivity contribution in [2.24, 2.45) is 29.1 Å². The molecule has 1 aliphatic heterocycles. The van der Waals surface area contributed by atoms with E-state index in [1.54, 1.807) is 38.5 Å². The van der Waals surface area contributed by atoms with Crippen LogP contribution in [0.2, 0.25) is 0 Å². The van der Waals surface area contributed by atoms with Crippen molar-refractivity contribution in [1.29, 1.82) is 0 Å². The lowest BCUT2D eigenvalue weighted by Gasteiger charge is -2.57. The van der Waals surface area contributed by atoms with Crippen molar-refractivity contribution in [3.8, 4) is 0 Å². The zero-order valence-electron chi connectivity index (χ0n) is 12.2. The molecule has 4 aliphatic carbocycles. The molecule has 19 heavy (non-hydrogen) atoms. The van der Waals surface area contributed by atoms with Crippen LogP contribution in [-0.4, -0.2) is 26.3 Å². The second-order valence-electron chi connectivity index (χ2n) is 8.10. The maximum Gasteiger partial charge on any atom is 0.0469 e. The van der Waals surface area contributed by atoms with Gasteiger partial charge in [-0.2, -0.15) is 0 Å². The number of rotatable bonds is 4. The third-order valence-corrected chi connectivity index (χ3v) is 6.44. The number of hydrogen-bond acceptors (Lipinski definition) is 2. The summed E-state index contributed by atoms with van der Waals surface area (Å²) in [5, 5.41) is 3.86. The van der Waals surface area contributed by atoms with Gasteiger partial charge in [-0.25, -0.2) is 0 Å². The Hall–Kier alpha value is -0.0800. The topological polar surface area (TPSA) is 21.3 Å². The molecule has 0 unspecified atom stereocenters. The Labute approximate surface area is 117 Å². The summed E-state index contributed by atoms with van der Waals surface area (Å²) in [6.45, 7) is 4.53. The summed E-state index contributed by atoms with van der Waals surface area (Å²) in [6, 6.07) is 0. The average molecular weight is 263 g/mol. The first-order chi connectivity index (χ1) is 9.31. The van der Waals surface area contributed by atoms with Gasteiger partial charge in [-0.05, 0) is 87.0 Å². The van der Waals surface area contributed by atoms with Crippen LogP contribution in [0.4, 0.5) is 0 Å². The molecule has 2 heteroatoms. The minimum atomic E-state index is 0.708. The maximum atomic E-state index is 5.45. The second-order valence-corrected chi connectivity index (χ2v) is 8.10. The smallest absolute Gasteiger partial charge is 0.0469 e. The van der Waals surface area contributed by atoms with Crippen LogP contribution in [-0.2, 0) is 4.74 Å². The SMILES string of the molecule is C1CC(CNCC23CC4CC(CC(C4)C2)C3)CCO1. The normalized spacial score (nSPS) is 45.8. The molecule has 0 aromatic carbocycles. The molecule has 0 amide bonds. The summed E-state index contributed by atoms with van der Waals surface area (Å²) in [5.74, 6) is 4.16. The molecule has 5 aliphatic rings. The molecule has 1 N–H and O–H groups in total. The van der Waals surface area contributed by atoms with E-state index in [1.807, 2.05) is 0 Å². The Bertz CT molecular complexity index is 286. The Morgan fingerprint density at radius 1 is 0.895 bits per heavy atom. The molecule has 2 nitrogen and oxygen atoms in total. The van der Waals surface area contributed by atoms with E-state index in [0.717, 1.165) is 36.9 Å². The quantitative estimate of drug-likeness (QED) is 0.841. The largest absolute Gasteiger partial charge is 0.381 e. The molecule has 0 aromatic heterocycles. The lowest BCUT2D eigenvalue weighted by Crippen LogP contribution is -2.50. The van der Waals surface area contributed by atoms with Gasteiger partial charge in [0.2, 0.25) is 0 Å². The van der Waals surface area contributed by atoms with Crippen molar-refractivity contribution < 1.29 is 4.74 Å². The van der Waals surface area contributed by atoms with Crippen LogP contribution < -0.4 is 5.32 Å². The summed E-state index contributed by atoms with van der Waals surface area (Å²) in [6.07, 6.45) is 11.9. The standard InChI is InChI=1S/C17H29NO/c1-3-19-4-2-13(1)11-18-12-17-8-14-5-15(9-17)7-16(6-14)10-17/h13-16,18H,1-12H2. The summed E-state index contributed by atoms with van der Waals surface area (Å²) in [5.41, 5.74) is 0.708. The first-order valence-corrected chi connectivity index (χ1v) is 8.60. The van der Waals surface area contributed by atoms with Gasteiger partial charge in [0.05, 0.1) is 0 Å². The van der Waals surface area contributed by atoms with Crippen molar-refractivity contribution in [2.75, 3.05) is 26.3 Å². The van der Waals surface area contributed by atoms with Crippen molar-refractivity contribution >= 4 is 0 Å². The van der Waals surface area contributed by atoms with Crippen LogP contribution in [0.25, 0.3) is 0 Å². The van der Waals surface area contributed by atoms with E-state index in [1.165, 1.54) is 25.9 Å². The van der Waals surface area contributed by atoms with Gasteiger partial charge in [0.25, 0.3) is 0 Å². The molecule has 4 saturated carbocycles. The van der Waals surface area contributed by atoms with Gasteiger partial charge in [-0.15, -0.1) is 0 Å². The molecular weight excluding hydrogens is 234 g/mol. The number of nitrogens with one attached hydrogen (secondary N) is 1. The molecule has 1 saturated heterocycles. The van der Waals surface area contributed by atoms with Gasteiger partial charge >= 0.3 is 0 Å². The highest BCUT2D eigenvalue weighted by molar-refractivity contribution is 5.02. The van der Waals surface area contributed by atoms with Crippen LogP contribution >= 0.6 is 0 Å². The minimum Gasteiger partial charge on any atom is -0.381 e. The van der Waals surface area contributed by atoms with E-state index in [4.69, 9.17) is 4.74 Å². The predicted molar refractivity (Wildman–Crippen MR) is 77.0 cm³/mol. The third kappa shape index (κ3) is 2.58. The summed E-state index contributed by atoms with van der Waals surface area (Å²) in [7, 11) is 0. The summed E-state index contributed by atoms with van der Waals surface area (Å²) in [4.78, 5) is 0. The van der Waals surface area contributed by atoms with Crippen LogP contribution in [0.3, 0.4) is 0 Å². The molecule has 0 aromatic rings. The first kappa shape index (κ1) is 12.6. The fourth-order valence-corrected chi connectivity index (χ4v) is 6.00. The predicted octanol–water partition coefficient (Wildman–Crippen LogP) is 3.22. The minimum absolute atomic E-state index is 0.708. The van der Waals surface area contributed by atoms with Gasteiger partial charge in [0.15, 0.2) is 0 Å². The zero-order valence-corrected chi connectivity index (χ0v) is 12.2. The van der Waals surface area contributed by atoms with E-state index in [-0.39, 0.29) is 0 Å². The number of hydrogen-bond donors (Lipinski definition) is 1. The lowest BCUT2D eigenvalue weighted by molar-refractivity contribution is -0.0520. The van der Waals surface area contributed by atoms with E-state index < -0.39 is 0 Å². The van der Waals surface area contributed by atoms with Gasteiger partial charge in [-0.3, -0.25) is 0 Å². The highest BCUT2D eigenvalue weighted by atomic mass is 16.5. The molecule has 0 radical (unpaired) electrons. The average Bonchev–Trinajstić information content (AvgIpc) is 2.38. The fraction of sp³-hybridized carbons (Fsp3) is 1.00. The van der Waals surface area contributed by atoms with Crippen LogP contribution in [0.5, 0.6) is 0 Å². The van der Waals surface area contributed by atoms with Crippen molar-refractivity contribution in [3.05, 3.63) is 0 Å². The molecule has 108 valence electrons. The van der Waals surface area contributed by atoms with Crippen molar-refractivity contribution in [3.63, 3.8) is 0 Å². The maximum absolute atomic E-state index is 5.45. The Morgan fingerprint density at radius 2 is 1.47 bits per heavy atom. The van der Waals surface area contributed by atoms with Crippen molar-refractivity contribution in [1.82, 2.24) is 5.32 Å². The van der Waals surface area contributed by atoms with Gasteiger partial charge in [0.1, 0.15) is 0 Å². The Kier molecular flexibility index (Phi) is 3.35. The third-order valence-electron chi connectivity index (χ3n) is 6.44. The fourth-order valence-electron chi connectivity index (χ4n) is 6.00. The highest BCUT2D eigenvalue weighted by Gasteiger charge is 2.50. The van der Waals surface area contributed by atoms with Crippen LogP contribution in [0.15, 0.2) is 0 Å². The molecule has 5 fully saturated rings. The lowest BCUT2D eigenvalue weighted by atomic mass is 9.49. The van der Waals surface area contributed by atoms with Gasteiger partial charge < -0.3 is 10.1 Å². The molecule has 4 bridgehead atoms. The second kappa shape index (κ2) is 5.04. The summed E-state index contributed by atoms with van der Waals surface area (Å²) < 4.78 is 5.45. The molecular formula is C17H29NO. The number of ether oxygens (including phenoxy) is 1. The van der Waals surface area contributed by atoms with Gasteiger partial charge in [-0.1, -0.05) is 0 Å². The zero-order chi connectivity index (χ0) is 12.7. The van der Waals surface area contributed by atoms with Gasteiger partial charge in [0, 0.05) is 19.8 Å². The highest BCUT2D eigenvalue weighted by Crippen LogP contribution is 2.59. The van der Waals surface area contributed by atoms with E-state index in [9.17, 15) is 0 Å². The van der Waals surface area contributed by atoms with E-state index in [0.29, 0.717) is 5.41 Å².